The largest absolute Gasteiger partial charge is 0.494 e. The Kier molecular flexibility index (Phi) is 8.65. The van der Waals surface area contributed by atoms with E-state index in [1.165, 1.54) is 5.56 Å². The van der Waals surface area contributed by atoms with E-state index in [2.05, 4.69) is 33.9 Å². The van der Waals surface area contributed by atoms with E-state index in [0.717, 1.165) is 42.9 Å². The molecule has 1 aliphatic carbocycles. The third-order valence-electron chi connectivity index (χ3n) is 4.49. The van der Waals surface area contributed by atoms with Gasteiger partial charge in [-0.3, -0.25) is 4.79 Å². The molecule has 1 amide bonds. The Balaban J connectivity index is 0.00000280. The van der Waals surface area contributed by atoms with Crippen molar-refractivity contribution in [3.63, 3.8) is 0 Å². The highest BCUT2D eigenvalue weighted by Gasteiger charge is 2.23. The van der Waals surface area contributed by atoms with E-state index in [1.807, 2.05) is 19.9 Å². The normalized spacial score (nSPS) is 17.8. The second-order valence-corrected chi connectivity index (χ2v) is 7.02. The van der Waals surface area contributed by atoms with Crippen LogP contribution in [-0.4, -0.2) is 43.7 Å². The quantitative estimate of drug-likeness (QED) is 0.289. The van der Waals surface area contributed by atoms with Gasteiger partial charge in [-0.15, -0.1) is 24.0 Å². The van der Waals surface area contributed by atoms with Crippen molar-refractivity contribution in [2.45, 2.75) is 58.7 Å². The molecular formula is C20H31IN4O3. The number of hydrogen-bond donors (Lipinski definition) is 3. The molecule has 0 saturated heterocycles. The molecule has 1 aromatic rings. The lowest BCUT2D eigenvalue weighted by molar-refractivity contribution is -0.120. The van der Waals surface area contributed by atoms with Crippen LogP contribution in [0.3, 0.4) is 0 Å². The number of aliphatic imine (C=N–C) groups is 1. The molecule has 0 bridgehead atoms. The van der Waals surface area contributed by atoms with Gasteiger partial charge in [0.2, 0.25) is 5.91 Å². The van der Waals surface area contributed by atoms with E-state index < -0.39 is 0 Å². The van der Waals surface area contributed by atoms with Gasteiger partial charge in [0.15, 0.2) is 5.96 Å². The minimum atomic E-state index is -0.00183. The van der Waals surface area contributed by atoms with Crippen LogP contribution in [-0.2, 0) is 17.8 Å². The zero-order chi connectivity index (χ0) is 19.2. The van der Waals surface area contributed by atoms with Crippen LogP contribution in [0, 0.1) is 0 Å². The third kappa shape index (κ3) is 6.42. The topological polar surface area (TPSA) is 84.0 Å². The molecule has 2 aliphatic rings. The number of nitrogens with one attached hydrogen (secondary N) is 3. The Morgan fingerprint density at radius 2 is 2.07 bits per heavy atom. The summed E-state index contributed by atoms with van der Waals surface area (Å²) in [6.07, 6.45) is 3.26. The summed E-state index contributed by atoms with van der Waals surface area (Å²) in [5, 5.41) is 9.23. The maximum absolute atomic E-state index is 11.9. The lowest BCUT2D eigenvalue weighted by Crippen LogP contribution is -2.43. The van der Waals surface area contributed by atoms with Gasteiger partial charge >= 0.3 is 0 Å². The van der Waals surface area contributed by atoms with Crippen molar-refractivity contribution in [3.05, 3.63) is 23.3 Å². The zero-order valence-corrected chi connectivity index (χ0v) is 19.2. The summed E-state index contributed by atoms with van der Waals surface area (Å²) in [5.74, 6) is 2.37. The predicted octanol–water partition coefficient (Wildman–Crippen LogP) is 2.36. The molecule has 7 nitrogen and oxygen atoms in total. The summed E-state index contributed by atoms with van der Waals surface area (Å²) < 4.78 is 11.7. The molecule has 28 heavy (non-hydrogen) atoms. The van der Waals surface area contributed by atoms with E-state index in [-0.39, 0.29) is 42.5 Å². The first-order valence-electron chi connectivity index (χ1n) is 9.85. The average Bonchev–Trinajstić information content (AvgIpc) is 3.36. The van der Waals surface area contributed by atoms with Gasteiger partial charge in [0.05, 0.1) is 19.7 Å². The van der Waals surface area contributed by atoms with Crippen LogP contribution in [0.5, 0.6) is 11.5 Å². The molecule has 1 aromatic carbocycles. The fourth-order valence-electron chi connectivity index (χ4n) is 3.07. The lowest BCUT2D eigenvalue weighted by Gasteiger charge is -2.14. The molecule has 0 spiro atoms. The first-order valence-corrected chi connectivity index (χ1v) is 9.85. The van der Waals surface area contributed by atoms with Crippen LogP contribution in [0.4, 0.5) is 0 Å². The molecule has 1 saturated carbocycles. The fraction of sp³-hybridized carbons (Fsp3) is 0.600. The van der Waals surface area contributed by atoms with Crippen molar-refractivity contribution in [1.82, 2.24) is 16.0 Å². The van der Waals surface area contributed by atoms with Crippen LogP contribution in [0.2, 0.25) is 0 Å². The number of hydrogen-bond acceptors (Lipinski definition) is 4. The summed E-state index contributed by atoms with van der Waals surface area (Å²) in [5.41, 5.74) is 2.16. The molecule has 3 rings (SSSR count). The van der Waals surface area contributed by atoms with Crippen LogP contribution in [0.1, 0.15) is 44.7 Å². The van der Waals surface area contributed by atoms with Crippen molar-refractivity contribution >= 4 is 35.8 Å². The van der Waals surface area contributed by atoms with Gasteiger partial charge < -0.3 is 25.4 Å². The molecule has 1 aliphatic heterocycles. The van der Waals surface area contributed by atoms with Gasteiger partial charge in [-0.25, -0.2) is 4.99 Å². The Morgan fingerprint density at radius 3 is 2.75 bits per heavy atom. The number of halogens is 1. The zero-order valence-electron chi connectivity index (χ0n) is 16.8. The number of carbonyl (C=O) groups excluding carboxylic acids is 1. The smallest absolute Gasteiger partial charge is 0.239 e. The van der Waals surface area contributed by atoms with Crippen LogP contribution in [0.15, 0.2) is 17.1 Å². The molecule has 0 radical (unpaired) electrons. The van der Waals surface area contributed by atoms with E-state index >= 15 is 0 Å². The minimum Gasteiger partial charge on any atom is -0.494 e. The van der Waals surface area contributed by atoms with Gasteiger partial charge in [-0.05, 0) is 45.7 Å². The number of rotatable bonds is 8. The summed E-state index contributed by atoms with van der Waals surface area (Å²) in [4.78, 5) is 16.5. The SMILES string of the molecule is CCNC(=NCc1cc2c(cc1OCC)CC(C)O2)NCC(=O)NC1CC1.I. The second-order valence-electron chi connectivity index (χ2n) is 7.02. The number of nitrogens with zero attached hydrogens (tertiary/aromatic N) is 1. The highest BCUT2D eigenvalue weighted by molar-refractivity contribution is 14.0. The maximum Gasteiger partial charge on any atom is 0.239 e. The number of ether oxygens (including phenoxy) is 2. The van der Waals surface area contributed by atoms with Gasteiger partial charge in [-0.1, -0.05) is 0 Å². The summed E-state index contributed by atoms with van der Waals surface area (Å²) in [6, 6.07) is 4.45. The van der Waals surface area contributed by atoms with Crippen LogP contribution < -0.4 is 25.4 Å². The van der Waals surface area contributed by atoms with Crippen molar-refractivity contribution in [3.8, 4) is 11.5 Å². The Labute approximate surface area is 184 Å². The molecule has 0 aromatic heterocycles. The van der Waals surface area contributed by atoms with E-state index in [0.29, 0.717) is 25.2 Å². The predicted molar refractivity (Wildman–Crippen MR) is 121 cm³/mol. The summed E-state index contributed by atoms with van der Waals surface area (Å²) >= 11 is 0. The fourth-order valence-corrected chi connectivity index (χ4v) is 3.07. The van der Waals surface area contributed by atoms with E-state index in [1.54, 1.807) is 0 Å². The highest BCUT2D eigenvalue weighted by atomic mass is 127. The molecule has 1 atom stereocenters. The maximum atomic E-state index is 11.9. The number of carbonyl (C=O) groups is 1. The van der Waals surface area contributed by atoms with E-state index in [4.69, 9.17) is 9.47 Å². The monoisotopic (exact) mass is 502 g/mol. The number of guanidine groups is 1. The van der Waals surface area contributed by atoms with E-state index in [9.17, 15) is 4.79 Å². The molecule has 1 fully saturated rings. The lowest BCUT2D eigenvalue weighted by atomic mass is 10.1. The van der Waals surface area contributed by atoms with Crippen molar-refractivity contribution < 1.29 is 14.3 Å². The third-order valence-corrected chi connectivity index (χ3v) is 4.49. The Morgan fingerprint density at radius 1 is 1.29 bits per heavy atom. The van der Waals surface area contributed by atoms with Crippen molar-refractivity contribution in [1.29, 1.82) is 0 Å². The average molecular weight is 502 g/mol. The molecule has 3 N–H and O–H groups in total. The number of fused-ring (bicyclic) bond motifs is 1. The standard InChI is InChI=1S/C20H30N4O3.HI/c1-4-21-20(23-12-19(25)24-16-6-7-16)22-11-15-10-18-14(8-13(3)27-18)9-17(15)26-5-2;/h9-10,13,16H,4-8,11-12H2,1-3H3,(H,24,25)(H2,21,22,23);1H. The number of benzene rings is 1. The Bertz CT molecular complexity index is 707. The molecule has 8 heteroatoms. The molecular weight excluding hydrogens is 471 g/mol. The summed E-state index contributed by atoms with van der Waals surface area (Å²) in [7, 11) is 0. The van der Waals surface area contributed by atoms with Gasteiger partial charge in [0.25, 0.3) is 0 Å². The highest BCUT2D eigenvalue weighted by Crippen LogP contribution is 2.35. The second kappa shape index (κ2) is 10.7. The van der Waals surface area contributed by atoms with Crippen LogP contribution >= 0.6 is 24.0 Å². The Hall–Kier alpha value is -1.71. The minimum absolute atomic E-state index is 0. The van der Waals surface area contributed by atoms with Gasteiger partial charge in [0.1, 0.15) is 17.6 Å². The first kappa shape index (κ1) is 22.6. The van der Waals surface area contributed by atoms with Crippen molar-refractivity contribution in [2.24, 2.45) is 4.99 Å². The van der Waals surface area contributed by atoms with Crippen molar-refractivity contribution in [2.75, 3.05) is 19.7 Å². The first-order chi connectivity index (χ1) is 13.1. The molecule has 1 heterocycles. The molecule has 1 unspecified atom stereocenters. The summed E-state index contributed by atoms with van der Waals surface area (Å²) in [6.45, 7) is 8.02. The number of amides is 1. The molecule has 156 valence electrons. The van der Waals surface area contributed by atoms with Crippen LogP contribution in [0.25, 0.3) is 0 Å². The van der Waals surface area contributed by atoms with Gasteiger partial charge in [-0.2, -0.15) is 0 Å². The van der Waals surface area contributed by atoms with Gasteiger partial charge in [0, 0.05) is 30.1 Å².